The Balaban J connectivity index is 1.78. The summed E-state index contributed by atoms with van der Waals surface area (Å²) < 4.78 is 24.5. The molecule has 0 spiro atoms. The van der Waals surface area contributed by atoms with Crippen LogP contribution < -0.4 is 0 Å². The molecule has 2 aromatic rings. The summed E-state index contributed by atoms with van der Waals surface area (Å²) in [5, 5.41) is 0. The maximum atomic E-state index is 11.9. The molecule has 30 heavy (non-hydrogen) atoms. The Morgan fingerprint density at radius 1 is 0.900 bits per heavy atom. The molecule has 5 atom stereocenters. The lowest BCUT2D eigenvalue weighted by Gasteiger charge is -2.44. The third-order valence-electron chi connectivity index (χ3n) is 4.93. The first-order chi connectivity index (χ1) is 14.6. The fraction of sp³-hybridized carbons (Fsp3) is 0.458. The smallest absolute Gasteiger partial charge is 0.303 e. The van der Waals surface area contributed by atoms with Crippen LogP contribution in [0.1, 0.15) is 31.9 Å². The summed E-state index contributed by atoms with van der Waals surface area (Å²) in [5.74, 6) is 0.515. The second-order valence-electron chi connectivity index (χ2n) is 7.26. The summed E-state index contributed by atoms with van der Waals surface area (Å²) >= 11 is 1.65. The van der Waals surface area contributed by atoms with Crippen molar-refractivity contribution < 1.29 is 23.7 Å². The Morgan fingerprint density at radius 3 is 1.93 bits per heavy atom. The van der Waals surface area contributed by atoms with Gasteiger partial charge in [0.05, 0.1) is 19.3 Å². The zero-order chi connectivity index (χ0) is 21.3. The Bertz CT molecular complexity index is 770. The maximum Gasteiger partial charge on any atom is 0.303 e. The van der Waals surface area contributed by atoms with Crippen molar-refractivity contribution in [2.24, 2.45) is 0 Å². The van der Waals surface area contributed by atoms with E-state index in [2.05, 4.69) is 6.92 Å². The Labute approximate surface area is 183 Å². The normalized spacial score (nSPS) is 26.3. The fourth-order valence-electron chi connectivity index (χ4n) is 3.54. The van der Waals surface area contributed by atoms with Crippen molar-refractivity contribution in [1.29, 1.82) is 0 Å². The molecule has 0 radical (unpaired) electrons. The van der Waals surface area contributed by atoms with E-state index in [-0.39, 0.29) is 17.5 Å². The standard InChI is InChI=1S/C24H30O5S/c1-4-30-24-23(27-16-20-13-9-6-10-14-20)22(29-18(3)25)21(17(2)28-24)26-15-19-11-7-5-8-12-19/h5-14,17,21-24H,4,15-16H2,1-3H3/t17-,21+,22+,23-,24+/m0/s1. The molecule has 0 aliphatic carbocycles. The zero-order valence-corrected chi connectivity index (χ0v) is 18.5. The van der Waals surface area contributed by atoms with Gasteiger partial charge in [-0.15, -0.1) is 11.8 Å². The number of benzene rings is 2. The third-order valence-corrected chi connectivity index (χ3v) is 5.97. The van der Waals surface area contributed by atoms with Gasteiger partial charge in [-0.25, -0.2) is 0 Å². The number of esters is 1. The number of ether oxygens (including phenoxy) is 4. The molecule has 1 heterocycles. The summed E-state index contributed by atoms with van der Waals surface area (Å²) in [6, 6.07) is 19.9. The molecule has 1 saturated heterocycles. The predicted molar refractivity (Wildman–Crippen MR) is 118 cm³/mol. The lowest BCUT2D eigenvalue weighted by molar-refractivity contribution is -0.236. The molecule has 5 nitrogen and oxygen atoms in total. The van der Waals surface area contributed by atoms with Crippen LogP contribution in [-0.4, -0.2) is 41.6 Å². The van der Waals surface area contributed by atoms with Gasteiger partial charge in [0, 0.05) is 6.92 Å². The topological polar surface area (TPSA) is 54.0 Å². The molecule has 2 aromatic carbocycles. The molecule has 1 aliphatic rings. The lowest BCUT2D eigenvalue weighted by atomic mass is 9.99. The van der Waals surface area contributed by atoms with E-state index in [0.29, 0.717) is 13.2 Å². The first kappa shape index (κ1) is 22.8. The number of rotatable bonds is 9. The molecule has 0 amide bonds. The average molecular weight is 431 g/mol. The Kier molecular flexibility index (Phi) is 8.75. The minimum atomic E-state index is -0.553. The van der Waals surface area contributed by atoms with E-state index in [0.717, 1.165) is 16.9 Å². The molecule has 6 heteroatoms. The Morgan fingerprint density at radius 2 is 1.43 bits per heavy atom. The number of thioether (sulfide) groups is 1. The van der Waals surface area contributed by atoms with Crippen molar-refractivity contribution in [3.63, 3.8) is 0 Å². The van der Waals surface area contributed by atoms with E-state index < -0.39 is 18.3 Å². The van der Waals surface area contributed by atoms with E-state index in [1.165, 1.54) is 6.92 Å². The number of carbonyl (C=O) groups is 1. The van der Waals surface area contributed by atoms with Gasteiger partial charge in [0.1, 0.15) is 17.6 Å². The van der Waals surface area contributed by atoms with E-state index >= 15 is 0 Å². The van der Waals surface area contributed by atoms with Gasteiger partial charge in [-0.05, 0) is 23.8 Å². The summed E-state index contributed by atoms with van der Waals surface area (Å²) in [5.41, 5.74) is 1.87. The number of hydrogen-bond donors (Lipinski definition) is 0. The first-order valence-corrected chi connectivity index (χ1v) is 11.4. The quantitative estimate of drug-likeness (QED) is 0.543. The van der Waals surface area contributed by atoms with Crippen molar-refractivity contribution in [2.75, 3.05) is 5.75 Å². The molecule has 0 aromatic heterocycles. The van der Waals surface area contributed by atoms with Crippen molar-refractivity contribution in [1.82, 2.24) is 0 Å². The first-order valence-electron chi connectivity index (χ1n) is 10.3. The molecule has 1 aliphatic heterocycles. The van der Waals surface area contributed by atoms with Crippen LogP contribution in [0, 0.1) is 0 Å². The third kappa shape index (κ3) is 6.32. The second kappa shape index (κ2) is 11.5. The van der Waals surface area contributed by atoms with Crippen LogP contribution in [0.4, 0.5) is 0 Å². The highest BCUT2D eigenvalue weighted by molar-refractivity contribution is 7.99. The monoisotopic (exact) mass is 430 g/mol. The number of hydrogen-bond acceptors (Lipinski definition) is 6. The minimum absolute atomic E-state index is 0.237. The highest BCUT2D eigenvalue weighted by atomic mass is 32.2. The number of carbonyl (C=O) groups excluding carboxylic acids is 1. The molecular formula is C24H30O5S. The van der Waals surface area contributed by atoms with E-state index in [9.17, 15) is 4.79 Å². The largest absolute Gasteiger partial charge is 0.457 e. The van der Waals surface area contributed by atoms with Gasteiger partial charge in [0.25, 0.3) is 0 Å². The highest BCUT2D eigenvalue weighted by Crippen LogP contribution is 2.34. The van der Waals surface area contributed by atoms with Gasteiger partial charge in [-0.1, -0.05) is 67.6 Å². The molecule has 0 unspecified atom stereocenters. The van der Waals surface area contributed by atoms with Crippen molar-refractivity contribution in [3.05, 3.63) is 71.8 Å². The molecule has 1 fully saturated rings. The predicted octanol–water partition coefficient (Wildman–Crippen LogP) is 4.59. The van der Waals surface area contributed by atoms with Crippen LogP contribution in [0.15, 0.2) is 60.7 Å². The minimum Gasteiger partial charge on any atom is -0.457 e. The molecular weight excluding hydrogens is 400 g/mol. The van der Waals surface area contributed by atoms with E-state index in [4.69, 9.17) is 18.9 Å². The van der Waals surface area contributed by atoms with Crippen molar-refractivity contribution >= 4 is 17.7 Å². The lowest BCUT2D eigenvalue weighted by Crippen LogP contribution is -2.59. The van der Waals surface area contributed by atoms with Gasteiger partial charge in [-0.2, -0.15) is 0 Å². The molecule has 0 bridgehead atoms. The van der Waals surface area contributed by atoms with Gasteiger partial charge < -0.3 is 18.9 Å². The molecule has 162 valence electrons. The molecule has 0 N–H and O–H groups in total. The summed E-state index contributed by atoms with van der Waals surface area (Å²) in [4.78, 5) is 11.9. The van der Waals surface area contributed by atoms with E-state index in [1.807, 2.05) is 67.6 Å². The maximum absolute atomic E-state index is 11.9. The van der Waals surface area contributed by atoms with Crippen LogP contribution in [0.25, 0.3) is 0 Å². The average Bonchev–Trinajstić information content (AvgIpc) is 2.74. The van der Waals surface area contributed by atoms with Crippen molar-refractivity contribution in [3.8, 4) is 0 Å². The van der Waals surface area contributed by atoms with Gasteiger partial charge in [0.2, 0.25) is 0 Å². The fourth-order valence-corrected chi connectivity index (χ4v) is 4.54. The summed E-state index contributed by atoms with van der Waals surface area (Å²) in [6.07, 6.45) is -1.65. The Hall–Kier alpha value is -1.86. The SMILES string of the molecule is CCS[C@H]1O[C@@H](C)[C@@H](OCc2ccccc2)[C@@H](OC(C)=O)[C@@H]1OCc1ccccc1. The highest BCUT2D eigenvalue weighted by Gasteiger charge is 2.48. The van der Waals surface area contributed by atoms with E-state index in [1.54, 1.807) is 11.8 Å². The summed E-state index contributed by atoms with van der Waals surface area (Å²) in [7, 11) is 0. The van der Waals surface area contributed by atoms with Gasteiger partial charge in [0.15, 0.2) is 6.10 Å². The van der Waals surface area contributed by atoms with Crippen LogP contribution in [0.5, 0.6) is 0 Å². The van der Waals surface area contributed by atoms with Crippen LogP contribution in [0.3, 0.4) is 0 Å². The molecule has 0 saturated carbocycles. The second-order valence-corrected chi connectivity index (χ2v) is 8.64. The van der Waals surface area contributed by atoms with Crippen molar-refractivity contribution in [2.45, 2.75) is 63.8 Å². The van der Waals surface area contributed by atoms with Crippen LogP contribution in [0.2, 0.25) is 0 Å². The molecule has 3 rings (SSSR count). The van der Waals surface area contributed by atoms with Crippen LogP contribution in [-0.2, 0) is 37.0 Å². The van der Waals surface area contributed by atoms with Crippen LogP contribution >= 0.6 is 11.8 Å². The van der Waals surface area contributed by atoms with Gasteiger partial charge >= 0.3 is 5.97 Å². The zero-order valence-electron chi connectivity index (χ0n) is 17.7. The summed E-state index contributed by atoms with van der Waals surface area (Å²) in [6.45, 7) is 6.28. The van der Waals surface area contributed by atoms with Gasteiger partial charge in [-0.3, -0.25) is 4.79 Å².